The highest BCUT2D eigenvalue weighted by Gasteiger charge is 2.20. The average molecular weight is 319 g/mol. The number of thiazole rings is 1. The van der Waals surface area contributed by atoms with Crippen LogP contribution in [0.2, 0.25) is 0 Å². The SMILES string of the molecule is CC(C)N1CCCN(c2nc3ccc(O)c(C=O)c3s2)CC1. The van der Waals surface area contributed by atoms with Crippen molar-refractivity contribution in [3.8, 4) is 5.75 Å². The molecule has 0 spiro atoms. The summed E-state index contributed by atoms with van der Waals surface area (Å²) >= 11 is 1.49. The van der Waals surface area contributed by atoms with Crippen LogP contribution in [0.5, 0.6) is 5.75 Å². The fourth-order valence-corrected chi connectivity index (χ4v) is 4.00. The molecule has 0 unspecified atom stereocenters. The highest BCUT2D eigenvalue weighted by molar-refractivity contribution is 7.22. The number of hydrogen-bond acceptors (Lipinski definition) is 6. The number of carbonyl (C=O) groups excluding carboxylic acids is 1. The third-order valence-corrected chi connectivity index (χ3v) is 5.38. The first-order chi connectivity index (χ1) is 10.6. The molecule has 118 valence electrons. The first-order valence-electron chi connectivity index (χ1n) is 7.67. The molecule has 0 radical (unpaired) electrons. The number of aromatic hydroxyl groups is 1. The minimum atomic E-state index is 0.0274. The number of carbonyl (C=O) groups is 1. The molecule has 5 nitrogen and oxygen atoms in total. The van der Waals surface area contributed by atoms with Crippen LogP contribution < -0.4 is 4.90 Å². The van der Waals surface area contributed by atoms with Gasteiger partial charge in [-0.05, 0) is 32.4 Å². The van der Waals surface area contributed by atoms with E-state index in [1.54, 1.807) is 12.1 Å². The van der Waals surface area contributed by atoms with Gasteiger partial charge in [-0.3, -0.25) is 9.69 Å². The Bertz CT molecular complexity index is 683. The van der Waals surface area contributed by atoms with Crippen molar-refractivity contribution in [2.45, 2.75) is 26.3 Å². The minimum Gasteiger partial charge on any atom is -0.507 e. The Labute approximate surface area is 134 Å². The number of aldehydes is 1. The van der Waals surface area contributed by atoms with Crippen molar-refractivity contribution in [1.82, 2.24) is 9.88 Å². The fraction of sp³-hybridized carbons (Fsp3) is 0.500. The molecule has 1 aromatic carbocycles. The van der Waals surface area contributed by atoms with Gasteiger partial charge < -0.3 is 10.0 Å². The van der Waals surface area contributed by atoms with Gasteiger partial charge in [0.15, 0.2) is 11.4 Å². The second kappa shape index (κ2) is 6.22. The zero-order chi connectivity index (χ0) is 15.7. The maximum atomic E-state index is 11.2. The second-order valence-electron chi connectivity index (χ2n) is 5.93. The molecule has 0 bridgehead atoms. The van der Waals surface area contributed by atoms with E-state index in [-0.39, 0.29) is 5.75 Å². The van der Waals surface area contributed by atoms with E-state index >= 15 is 0 Å². The fourth-order valence-electron chi connectivity index (χ4n) is 2.88. The molecule has 1 aliphatic rings. The van der Waals surface area contributed by atoms with Crippen LogP contribution in [0.3, 0.4) is 0 Å². The molecule has 1 aliphatic heterocycles. The largest absolute Gasteiger partial charge is 0.507 e. The van der Waals surface area contributed by atoms with Gasteiger partial charge in [-0.15, -0.1) is 0 Å². The summed E-state index contributed by atoms with van der Waals surface area (Å²) in [4.78, 5) is 20.6. The van der Waals surface area contributed by atoms with Crippen LogP contribution in [0.15, 0.2) is 12.1 Å². The molecular formula is C16H21N3O2S. The number of aromatic nitrogens is 1. The lowest BCUT2D eigenvalue weighted by atomic mass is 10.2. The van der Waals surface area contributed by atoms with E-state index in [0.717, 1.165) is 47.9 Å². The molecule has 1 fully saturated rings. The minimum absolute atomic E-state index is 0.0274. The van der Waals surface area contributed by atoms with Gasteiger partial charge in [0.25, 0.3) is 0 Å². The van der Waals surface area contributed by atoms with Crippen LogP contribution in [0.1, 0.15) is 30.6 Å². The van der Waals surface area contributed by atoms with E-state index in [9.17, 15) is 9.90 Å². The normalized spacial score (nSPS) is 17.1. The van der Waals surface area contributed by atoms with E-state index in [4.69, 9.17) is 0 Å². The van der Waals surface area contributed by atoms with E-state index in [0.29, 0.717) is 17.9 Å². The average Bonchev–Trinajstić information content (AvgIpc) is 2.76. The monoisotopic (exact) mass is 319 g/mol. The predicted octanol–water partition coefficient (Wildman–Crippen LogP) is 2.73. The Morgan fingerprint density at radius 2 is 2.09 bits per heavy atom. The van der Waals surface area contributed by atoms with Gasteiger partial charge in [0.05, 0.1) is 15.8 Å². The van der Waals surface area contributed by atoms with E-state index in [1.165, 1.54) is 11.3 Å². The van der Waals surface area contributed by atoms with Crippen molar-refractivity contribution in [3.63, 3.8) is 0 Å². The maximum absolute atomic E-state index is 11.2. The lowest BCUT2D eigenvalue weighted by Gasteiger charge is -2.24. The van der Waals surface area contributed by atoms with Gasteiger partial charge in [0, 0.05) is 32.2 Å². The molecule has 0 saturated carbocycles. The number of anilines is 1. The number of phenols is 1. The smallest absolute Gasteiger partial charge is 0.186 e. The molecule has 0 aliphatic carbocycles. The zero-order valence-corrected chi connectivity index (χ0v) is 13.8. The molecule has 2 heterocycles. The van der Waals surface area contributed by atoms with Gasteiger partial charge in [-0.2, -0.15) is 0 Å². The number of benzene rings is 1. The Morgan fingerprint density at radius 3 is 2.82 bits per heavy atom. The molecule has 22 heavy (non-hydrogen) atoms. The van der Waals surface area contributed by atoms with Crippen molar-refractivity contribution in [2.24, 2.45) is 0 Å². The van der Waals surface area contributed by atoms with Crippen LogP contribution in [0, 0.1) is 0 Å². The predicted molar refractivity (Wildman–Crippen MR) is 90.2 cm³/mol. The second-order valence-corrected chi connectivity index (χ2v) is 6.91. The Kier molecular flexibility index (Phi) is 4.31. The number of fused-ring (bicyclic) bond motifs is 1. The molecular weight excluding hydrogens is 298 g/mol. The maximum Gasteiger partial charge on any atom is 0.186 e. The lowest BCUT2D eigenvalue weighted by molar-refractivity contribution is 0.112. The number of phenolic OH excluding ortho intramolecular Hbond substituents is 1. The highest BCUT2D eigenvalue weighted by atomic mass is 32.1. The summed E-state index contributed by atoms with van der Waals surface area (Å²) in [7, 11) is 0. The van der Waals surface area contributed by atoms with E-state index in [2.05, 4.69) is 28.6 Å². The van der Waals surface area contributed by atoms with Crippen molar-refractivity contribution in [3.05, 3.63) is 17.7 Å². The molecule has 2 aromatic rings. The van der Waals surface area contributed by atoms with Crippen LogP contribution in [0.25, 0.3) is 10.2 Å². The van der Waals surface area contributed by atoms with Gasteiger partial charge in [-0.1, -0.05) is 11.3 Å². The summed E-state index contributed by atoms with van der Waals surface area (Å²) in [5, 5.41) is 10.7. The molecule has 1 saturated heterocycles. The summed E-state index contributed by atoms with van der Waals surface area (Å²) in [6.07, 6.45) is 1.82. The Hall–Kier alpha value is -1.66. The van der Waals surface area contributed by atoms with Crippen LogP contribution in [-0.4, -0.2) is 53.5 Å². The molecule has 1 N–H and O–H groups in total. The third-order valence-electron chi connectivity index (χ3n) is 4.21. The van der Waals surface area contributed by atoms with Gasteiger partial charge in [0.2, 0.25) is 0 Å². The quantitative estimate of drug-likeness (QED) is 0.882. The highest BCUT2D eigenvalue weighted by Crippen LogP contribution is 2.34. The van der Waals surface area contributed by atoms with Crippen LogP contribution in [-0.2, 0) is 0 Å². The van der Waals surface area contributed by atoms with Gasteiger partial charge in [0.1, 0.15) is 5.75 Å². The number of nitrogens with zero attached hydrogens (tertiary/aromatic N) is 3. The summed E-state index contributed by atoms with van der Waals surface area (Å²) < 4.78 is 0.773. The third kappa shape index (κ3) is 2.80. The van der Waals surface area contributed by atoms with Crippen molar-refractivity contribution in [2.75, 3.05) is 31.1 Å². The van der Waals surface area contributed by atoms with Crippen molar-refractivity contribution in [1.29, 1.82) is 0 Å². The summed E-state index contributed by atoms with van der Waals surface area (Å²) in [6, 6.07) is 3.88. The molecule has 0 atom stereocenters. The van der Waals surface area contributed by atoms with Crippen LogP contribution >= 0.6 is 11.3 Å². The Balaban J connectivity index is 1.89. The lowest BCUT2D eigenvalue weighted by Crippen LogP contribution is -2.35. The zero-order valence-electron chi connectivity index (χ0n) is 13.0. The first kappa shape index (κ1) is 15.2. The molecule has 1 aromatic heterocycles. The number of hydrogen-bond donors (Lipinski definition) is 1. The van der Waals surface area contributed by atoms with Crippen molar-refractivity contribution >= 4 is 33.0 Å². The standard InChI is InChI=1S/C16H21N3O2S/c1-11(2)18-6-3-7-19(9-8-18)16-17-13-4-5-14(21)12(10-20)15(13)22-16/h4-5,10-11,21H,3,6-9H2,1-2H3. The Morgan fingerprint density at radius 1 is 1.27 bits per heavy atom. The summed E-state index contributed by atoms with van der Waals surface area (Å²) in [6.45, 7) is 8.52. The van der Waals surface area contributed by atoms with E-state index in [1.807, 2.05) is 0 Å². The van der Waals surface area contributed by atoms with Gasteiger partial charge in [-0.25, -0.2) is 4.98 Å². The van der Waals surface area contributed by atoms with E-state index < -0.39 is 0 Å². The molecule has 6 heteroatoms. The molecule has 0 amide bonds. The topological polar surface area (TPSA) is 56.7 Å². The van der Waals surface area contributed by atoms with Gasteiger partial charge >= 0.3 is 0 Å². The summed E-state index contributed by atoms with van der Waals surface area (Å²) in [5.41, 5.74) is 1.13. The first-order valence-corrected chi connectivity index (χ1v) is 8.48. The number of rotatable bonds is 3. The summed E-state index contributed by atoms with van der Waals surface area (Å²) in [5.74, 6) is 0.0274. The molecule has 3 rings (SSSR count). The van der Waals surface area contributed by atoms with Crippen molar-refractivity contribution < 1.29 is 9.90 Å². The van der Waals surface area contributed by atoms with Crippen LogP contribution in [0.4, 0.5) is 5.13 Å².